The molecule has 0 aliphatic heterocycles. The number of hydrogen-bond donors (Lipinski definition) is 2. The van der Waals surface area contributed by atoms with E-state index in [1.165, 1.54) is 12.4 Å². The Labute approximate surface area is 249 Å². The van der Waals surface area contributed by atoms with Crippen molar-refractivity contribution in [3.63, 3.8) is 0 Å². The van der Waals surface area contributed by atoms with Crippen molar-refractivity contribution in [3.05, 3.63) is 87.9 Å². The number of carbonyl (C=O) groups is 1. The van der Waals surface area contributed by atoms with Crippen LogP contribution in [0.1, 0.15) is 21.6 Å². The quantitative estimate of drug-likeness (QED) is 0.249. The highest BCUT2D eigenvalue weighted by Gasteiger charge is 2.25. The molecule has 6 aromatic rings. The van der Waals surface area contributed by atoms with Gasteiger partial charge in [0.1, 0.15) is 17.8 Å². The molecule has 9 nitrogen and oxygen atoms in total. The zero-order valence-corrected chi connectivity index (χ0v) is 23.8. The van der Waals surface area contributed by atoms with Gasteiger partial charge in [0.15, 0.2) is 0 Å². The van der Waals surface area contributed by atoms with Gasteiger partial charge < -0.3 is 20.6 Å². The maximum atomic E-state index is 12.7. The number of fused-ring (bicyclic) bond motifs is 2. The minimum atomic E-state index is -0.760. The number of benzene rings is 2. The topological polar surface area (TPSA) is 152 Å². The summed E-state index contributed by atoms with van der Waals surface area (Å²) in [5.41, 5.74) is 17.6. The number of nitrogens with two attached hydrogens (primary N) is 2. The number of anilines is 1. The van der Waals surface area contributed by atoms with Crippen molar-refractivity contribution >= 4 is 56.6 Å². The number of nitrogen functional groups attached to an aromatic ring is 1. The third kappa shape index (κ3) is 4.03. The van der Waals surface area contributed by atoms with E-state index in [1.54, 1.807) is 48.7 Å². The van der Waals surface area contributed by atoms with Crippen molar-refractivity contribution in [2.75, 3.05) is 5.73 Å². The highest BCUT2D eigenvalue weighted by molar-refractivity contribution is 6.32. The molecule has 4 heterocycles. The number of nitriles is 2. The summed E-state index contributed by atoms with van der Waals surface area (Å²) >= 11 is 12.9. The highest BCUT2D eigenvalue weighted by Crippen LogP contribution is 2.43. The molecular formula is C31H20Cl2N8O. The number of pyridine rings is 2. The Morgan fingerprint density at radius 2 is 1.50 bits per heavy atom. The van der Waals surface area contributed by atoms with Gasteiger partial charge in [0.2, 0.25) is 0 Å². The van der Waals surface area contributed by atoms with Crippen molar-refractivity contribution in [3.8, 4) is 45.8 Å². The van der Waals surface area contributed by atoms with Crippen LogP contribution in [0.15, 0.2) is 61.1 Å². The lowest BCUT2D eigenvalue weighted by molar-refractivity contribution is 0.0996. The van der Waals surface area contributed by atoms with Crippen LogP contribution < -0.4 is 11.5 Å². The van der Waals surface area contributed by atoms with Gasteiger partial charge in [-0.3, -0.25) is 9.78 Å². The van der Waals surface area contributed by atoms with Gasteiger partial charge in [-0.1, -0.05) is 23.2 Å². The third-order valence-electron chi connectivity index (χ3n) is 7.37. The van der Waals surface area contributed by atoms with E-state index < -0.39 is 5.91 Å². The van der Waals surface area contributed by atoms with Crippen LogP contribution in [0.4, 0.5) is 5.69 Å². The lowest BCUT2D eigenvalue weighted by atomic mass is 9.94. The van der Waals surface area contributed by atoms with Crippen molar-refractivity contribution in [2.45, 2.75) is 0 Å². The van der Waals surface area contributed by atoms with Gasteiger partial charge in [0.05, 0.1) is 39.2 Å². The van der Waals surface area contributed by atoms with Crippen molar-refractivity contribution in [1.29, 1.82) is 10.5 Å². The van der Waals surface area contributed by atoms with E-state index in [1.807, 2.05) is 23.2 Å². The minimum absolute atomic E-state index is 0.0115. The number of nitrogens with zero attached hydrogens (tertiary/aromatic N) is 6. The van der Waals surface area contributed by atoms with Crippen LogP contribution in [-0.4, -0.2) is 25.0 Å². The molecule has 1 amide bonds. The molecule has 0 spiro atoms. The molecule has 4 aromatic heterocycles. The van der Waals surface area contributed by atoms with Crippen molar-refractivity contribution in [1.82, 2.24) is 19.1 Å². The first-order chi connectivity index (χ1) is 20.1. The van der Waals surface area contributed by atoms with E-state index in [-0.39, 0.29) is 5.69 Å². The largest absolute Gasteiger partial charge is 0.397 e. The number of primary amides is 1. The number of rotatable bonds is 4. The van der Waals surface area contributed by atoms with Crippen LogP contribution in [0.5, 0.6) is 0 Å². The second kappa shape index (κ2) is 9.93. The van der Waals surface area contributed by atoms with Crippen molar-refractivity contribution < 1.29 is 4.79 Å². The molecule has 11 heteroatoms. The Morgan fingerprint density at radius 3 is 2.19 bits per heavy atom. The average molecular weight is 591 g/mol. The second-order valence-electron chi connectivity index (χ2n) is 9.79. The van der Waals surface area contributed by atoms with E-state index in [0.717, 1.165) is 10.9 Å². The number of hydrogen-bond acceptors (Lipinski definition) is 6. The smallest absolute Gasteiger partial charge is 0.267 e. The van der Waals surface area contributed by atoms with Crippen LogP contribution in [0.3, 0.4) is 0 Å². The molecular weight excluding hydrogens is 571 g/mol. The zero-order valence-electron chi connectivity index (χ0n) is 22.3. The van der Waals surface area contributed by atoms with E-state index in [4.69, 9.17) is 34.7 Å². The van der Waals surface area contributed by atoms with Crippen LogP contribution in [0, 0.1) is 22.7 Å². The number of aryl methyl sites for hydroxylation is 2. The minimum Gasteiger partial charge on any atom is -0.397 e. The third-order valence-corrected chi connectivity index (χ3v) is 7.82. The molecule has 0 saturated heterocycles. The monoisotopic (exact) mass is 590 g/mol. The Kier molecular flexibility index (Phi) is 6.35. The van der Waals surface area contributed by atoms with E-state index in [0.29, 0.717) is 71.4 Å². The first kappa shape index (κ1) is 26.9. The summed E-state index contributed by atoms with van der Waals surface area (Å²) in [6, 6.07) is 16.8. The van der Waals surface area contributed by atoms with Crippen LogP contribution >= 0.6 is 23.2 Å². The summed E-state index contributed by atoms with van der Waals surface area (Å²) in [6.45, 7) is 0. The summed E-state index contributed by atoms with van der Waals surface area (Å²) in [7, 11) is 3.64. The lowest BCUT2D eigenvalue weighted by Crippen LogP contribution is -2.15. The SMILES string of the molecule is Cn1c(-c2cnc(C(N)=O)c(-c3cc(Cl)cc4c3c(C#N)c(-c3cncc(N)c3)n4C)c2)c(C#N)c2ccc(Cl)cc21. The molecule has 0 atom stereocenters. The Morgan fingerprint density at radius 1 is 0.833 bits per heavy atom. The molecule has 0 bridgehead atoms. The number of carbonyl (C=O) groups excluding carboxylic acids is 1. The molecule has 0 radical (unpaired) electrons. The fourth-order valence-electron chi connectivity index (χ4n) is 5.63. The van der Waals surface area contributed by atoms with Crippen LogP contribution in [0.2, 0.25) is 10.0 Å². The first-order valence-electron chi connectivity index (χ1n) is 12.6. The standard InChI is InChI=1S/C31H20Cl2N8O/c1-40-25-8-17(32)3-4-20(25)23(10-34)29(40)16-6-22(28(31(37)42)39-13-16)21-7-18(33)9-26-27(21)24(11-35)30(41(26)2)15-5-19(36)14-38-12-15/h3-9,12-14H,36H2,1-2H3,(H2,37,42). The molecule has 0 aliphatic rings. The summed E-state index contributed by atoms with van der Waals surface area (Å²) < 4.78 is 3.69. The fourth-order valence-corrected chi connectivity index (χ4v) is 6.01. The molecule has 0 fully saturated rings. The Bertz CT molecular complexity index is 2220. The van der Waals surface area contributed by atoms with E-state index >= 15 is 0 Å². The molecule has 0 saturated carbocycles. The number of halogens is 2. The maximum Gasteiger partial charge on any atom is 0.267 e. The summed E-state index contributed by atoms with van der Waals surface area (Å²) in [4.78, 5) is 21.3. The number of amides is 1. The number of aromatic nitrogens is 4. The summed E-state index contributed by atoms with van der Waals surface area (Å²) in [5.74, 6) is -0.760. The molecule has 204 valence electrons. The normalized spacial score (nSPS) is 11.1. The van der Waals surface area contributed by atoms with Gasteiger partial charge in [-0.25, -0.2) is 4.98 Å². The maximum absolute atomic E-state index is 12.7. The van der Waals surface area contributed by atoms with Gasteiger partial charge in [-0.2, -0.15) is 10.5 Å². The molecule has 42 heavy (non-hydrogen) atoms. The first-order valence-corrected chi connectivity index (χ1v) is 13.3. The molecule has 6 rings (SSSR count). The lowest BCUT2D eigenvalue weighted by Gasteiger charge is -2.13. The zero-order chi connectivity index (χ0) is 29.9. The molecule has 4 N–H and O–H groups in total. The van der Waals surface area contributed by atoms with Crippen LogP contribution in [0.25, 0.3) is 55.4 Å². The Balaban J connectivity index is 1.71. The summed E-state index contributed by atoms with van der Waals surface area (Å²) in [5, 5.41) is 22.7. The van der Waals surface area contributed by atoms with Gasteiger partial charge in [0.25, 0.3) is 5.91 Å². The van der Waals surface area contributed by atoms with E-state index in [9.17, 15) is 15.3 Å². The predicted octanol–water partition coefficient (Wildman–Crippen LogP) is 6.19. The van der Waals surface area contributed by atoms with E-state index in [2.05, 4.69) is 22.1 Å². The molecule has 2 aromatic carbocycles. The molecule has 0 aliphatic carbocycles. The van der Waals surface area contributed by atoms with Crippen LogP contribution in [-0.2, 0) is 14.1 Å². The second-order valence-corrected chi connectivity index (χ2v) is 10.7. The Hall–Kier alpha value is -5.35. The van der Waals surface area contributed by atoms with Gasteiger partial charge in [-0.05, 0) is 48.0 Å². The highest BCUT2D eigenvalue weighted by atomic mass is 35.5. The van der Waals surface area contributed by atoms with Gasteiger partial charge in [-0.15, -0.1) is 0 Å². The van der Waals surface area contributed by atoms with Gasteiger partial charge >= 0.3 is 0 Å². The fraction of sp³-hybridized carbons (Fsp3) is 0.0645. The van der Waals surface area contributed by atoms with Crippen molar-refractivity contribution in [2.24, 2.45) is 19.8 Å². The summed E-state index contributed by atoms with van der Waals surface area (Å²) in [6.07, 6.45) is 4.65. The average Bonchev–Trinajstić information content (AvgIpc) is 3.41. The predicted molar refractivity (Wildman–Crippen MR) is 164 cm³/mol. The molecule has 0 unspecified atom stereocenters. The van der Waals surface area contributed by atoms with Gasteiger partial charge in [0, 0.05) is 70.2 Å².